The molecule has 0 fully saturated rings. The topological polar surface area (TPSA) is 111 Å². The van der Waals surface area contributed by atoms with Crippen molar-refractivity contribution in [2.45, 2.75) is 6.04 Å². The van der Waals surface area contributed by atoms with E-state index in [2.05, 4.69) is 5.32 Å². The Morgan fingerprint density at radius 3 is 2.74 bits per heavy atom. The third-order valence-electron chi connectivity index (χ3n) is 2.18. The van der Waals surface area contributed by atoms with Crippen LogP contribution < -0.4 is 15.8 Å². The van der Waals surface area contributed by atoms with Gasteiger partial charge in [-0.2, -0.15) is 0 Å². The van der Waals surface area contributed by atoms with E-state index in [0.29, 0.717) is 5.69 Å². The molecular weight excluding hydrogens is 252 g/mol. The highest BCUT2D eigenvalue weighted by Crippen LogP contribution is 2.23. The number of methoxy groups -OCH3 is 1. The van der Waals surface area contributed by atoms with Crippen molar-refractivity contribution < 1.29 is 24.2 Å². The number of carboxylic acid groups (broad SMARTS) is 1. The highest BCUT2D eigenvalue weighted by Gasteiger charge is 2.15. The van der Waals surface area contributed by atoms with E-state index in [1.165, 1.54) is 7.11 Å². The third-order valence-corrected chi connectivity index (χ3v) is 2.18. The van der Waals surface area contributed by atoms with Crippen LogP contribution >= 0.6 is 0 Å². The Kier molecular flexibility index (Phi) is 5.77. The zero-order valence-electron chi connectivity index (χ0n) is 10.5. The quantitative estimate of drug-likeness (QED) is 0.645. The Hall–Kier alpha value is -2.12. The molecule has 0 saturated heterocycles. The molecule has 1 unspecified atom stereocenters. The molecule has 0 aliphatic heterocycles. The van der Waals surface area contributed by atoms with Gasteiger partial charge >= 0.3 is 5.97 Å². The Bertz CT molecular complexity index is 450. The number of hydrogen-bond acceptors (Lipinski definition) is 5. The highest BCUT2D eigenvalue weighted by atomic mass is 16.5. The number of carbonyl (C=O) groups is 2. The molecular formula is C12H16N2O5. The van der Waals surface area contributed by atoms with Gasteiger partial charge < -0.3 is 25.6 Å². The molecule has 7 nitrogen and oxygen atoms in total. The van der Waals surface area contributed by atoms with E-state index in [1.807, 2.05) is 0 Å². The van der Waals surface area contributed by atoms with Crippen molar-refractivity contribution in [3.63, 3.8) is 0 Å². The minimum Gasteiger partial charge on any atom is -0.480 e. The molecule has 0 heterocycles. The number of nitrogens with one attached hydrogen (secondary N) is 1. The first-order valence-electron chi connectivity index (χ1n) is 5.53. The molecule has 7 heteroatoms. The molecule has 0 saturated carbocycles. The second-order valence-electron chi connectivity index (χ2n) is 3.73. The first kappa shape index (κ1) is 14.9. The van der Waals surface area contributed by atoms with Gasteiger partial charge in [-0.3, -0.25) is 4.79 Å². The number of benzene rings is 1. The van der Waals surface area contributed by atoms with Gasteiger partial charge in [-0.15, -0.1) is 0 Å². The average molecular weight is 268 g/mol. The molecule has 1 aromatic rings. The first-order valence-corrected chi connectivity index (χ1v) is 5.53. The van der Waals surface area contributed by atoms with Gasteiger partial charge in [0.25, 0.3) is 0 Å². The minimum atomic E-state index is -1.10. The lowest BCUT2D eigenvalue weighted by molar-refractivity contribution is -0.139. The van der Waals surface area contributed by atoms with Crippen LogP contribution in [0.15, 0.2) is 24.3 Å². The van der Waals surface area contributed by atoms with Crippen molar-refractivity contribution in [3.8, 4) is 5.75 Å². The normalized spacial score (nSPS) is 11.7. The van der Waals surface area contributed by atoms with E-state index in [0.717, 1.165) is 0 Å². The molecule has 0 aromatic heterocycles. The third kappa shape index (κ3) is 4.94. The molecule has 0 aliphatic carbocycles. The summed E-state index contributed by atoms with van der Waals surface area (Å²) in [6.07, 6.45) is 0. The number of para-hydroxylation sites is 2. The number of amides is 1. The number of rotatable bonds is 7. The van der Waals surface area contributed by atoms with Crippen molar-refractivity contribution in [2.24, 2.45) is 5.73 Å². The lowest BCUT2D eigenvalue weighted by Gasteiger charge is -2.14. The molecule has 0 aliphatic rings. The van der Waals surface area contributed by atoms with E-state index >= 15 is 0 Å². The van der Waals surface area contributed by atoms with E-state index in [1.54, 1.807) is 24.3 Å². The Morgan fingerprint density at radius 2 is 2.11 bits per heavy atom. The van der Waals surface area contributed by atoms with Gasteiger partial charge in [0.2, 0.25) is 5.91 Å². The van der Waals surface area contributed by atoms with Crippen LogP contribution in [0.5, 0.6) is 5.75 Å². The van der Waals surface area contributed by atoms with E-state index in [-0.39, 0.29) is 12.4 Å². The first-order chi connectivity index (χ1) is 9.04. The van der Waals surface area contributed by atoms with Gasteiger partial charge in [-0.1, -0.05) is 12.1 Å². The molecule has 0 spiro atoms. The molecule has 1 aromatic carbocycles. The van der Waals surface area contributed by atoms with Gasteiger partial charge in [-0.05, 0) is 12.1 Å². The second-order valence-corrected chi connectivity index (χ2v) is 3.73. The van der Waals surface area contributed by atoms with Gasteiger partial charge in [0, 0.05) is 7.11 Å². The van der Waals surface area contributed by atoms with E-state index in [9.17, 15) is 9.59 Å². The summed E-state index contributed by atoms with van der Waals surface area (Å²) in [6.45, 7) is -0.402. The van der Waals surface area contributed by atoms with Gasteiger partial charge in [0.1, 0.15) is 11.8 Å². The minimum absolute atomic E-state index is 0.0873. The molecule has 0 radical (unpaired) electrons. The zero-order chi connectivity index (χ0) is 14.3. The predicted octanol–water partition coefficient (Wildman–Crippen LogP) is 0.0622. The monoisotopic (exact) mass is 268 g/mol. The molecule has 104 valence electrons. The fraction of sp³-hybridized carbons (Fsp3) is 0.333. The fourth-order valence-electron chi connectivity index (χ4n) is 1.32. The number of ether oxygens (including phenoxy) is 2. The maximum Gasteiger partial charge on any atom is 0.341 e. The van der Waals surface area contributed by atoms with Crippen LogP contribution in [-0.2, 0) is 14.3 Å². The summed E-state index contributed by atoms with van der Waals surface area (Å²) in [5.41, 5.74) is 5.94. The standard InChI is InChI=1S/C12H16N2O5/c1-18-6-8(13)12(17)14-9-4-2-3-5-10(9)19-7-11(15)16/h2-5,8H,6-7,13H2,1H3,(H,14,17)(H,15,16). The second kappa shape index (κ2) is 7.34. The molecule has 0 bridgehead atoms. The molecule has 1 atom stereocenters. The molecule has 1 rings (SSSR count). The lowest BCUT2D eigenvalue weighted by atomic mass is 10.2. The number of hydrogen-bond donors (Lipinski definition) is 3. The van der Waals surface area contributed by atoms with Crippen LogP contribution in [0.4, 0.5) is 5.69 Å². The summed E-state index contributed by atoms with van der Waals surface area (Å²) >= 11 is 0. The van der Waals surface area contributed by atoms with Crippen molar-refractivity contribution in [1.29, 1.82) is 0 Å². The smallest absolute Gasteiger partial charge is 0.341 e. The summed E-state index contributed by atoms with van der Waals surface area (Å²) in [7, 11) is 1.44. The van der Waals surface area contributed by atoms with Crippen molar-refractivity contribution in [2.75, 3.05) is 25.6 Å². The molecule has 4 N–H and O–H groups in total. The van der Waals surface area contributed by atoms with Crippen molar-refractivity contribution in [1.82, 2.24) is 0 Å². The summed E-state index contributed by atoms with van der Waals surface area (Å²) < 4.78 is 9.83. The maximum absolute atomic E-state index is 11.7. The predicted molar refractivity (Wildman–Crippen MR) is 68.1 cm³/mol. The summed E-state index contributed by atoms with van der Waals surface area (Å²) in [5, 5.41) is 11.1. The summed E-state index contributed by atoms with van der Waals surface area (Å²) in [6, 6.07) is 5.69. The van der Waals surface area contributed by atoms with Gasteiger partial charge in [0.15, 0.2) is 6.61 Å². The Morgan fingerprint density at radius 1 is 1.42 bits per heavy atom. The molecule has 1 amide bonds. The van der Waals surface area contributed by atoms with Crippen LogP contribution in [0.3, 0.4) is 0 Å². The Balaban J connectivity index is 2.71. The summed E-state index contributed by atoms with van der Waals surface area (Å²) in [5.74, 6) is -1.27. The van der Waals surface area contributed by atoms with Crippen LogP contribution in [0.25, 0.3) is 0 Å². The number of carbonyl (C=O) groups excluding carboxylic acids is 1. The van der Waals surface area contributed by atoms with Gasteiger partial charge in [-0.25, -0.2) is 4.79 Å². The van der Waals surface area contributed by atoms with Crippen LogP contribution in [-0.4, -0.2) is 43.3 Å². The maximum atomic E-state index is 11.7. The van der Waals surface area contributed by atoms with Gasteiger partial charge in [0.05, 0.1) is 12.3 Å². The number of nitrogens with two attached hydrogens (primary N) is 1. The van der Waals surface area contributed by atoms with Crippen LogP contribution in [0.2, 0.25) is 0 Å². The van der Waals surface area contributed by atoms with Crippen molar-refractivity contribution >= 4 is 17.6 Å². The largest absolute Gasteiger partial charge is 0.480 e. The molecule has 19 heavy (non-hydrogen) atoms. The van der Waals surface area contributed by atoms with E-state index in [4.69, 9.17) is 20.3 Å². The summed E-state index contributed by atoms with van der Waals surface area (Å²) in [4.78, 5) is 22.2. The number of anilines is 1. The fourth-order valence-corrected chi connectivity index (χ4v) is 1.32. The van der Waals surface area contributed by atoms with Crippen LogP contribution in [0.1, 0.15) is 0 Å². The number of aliphatic carboxylic acids is 1. The average Bonchev–Trinajstić information content (AvgIpc) is 2.37. The SMILES string of the molecule is COCC(N)C(=O)Nc1ccccc1OCC(=O)O. The van der Waals surface area contributed by atoms with E-state index < -0.39 is 24.5 Å². The van der Waals surface area contributed by atoms with Crippen LogP contribution in [0, 0.1) is 0 Å². The van der Waals surface area contributed by atoms with Crippen molar-refractivity contribution in [3.05, 3.63) is 24.3 Å². The lowest BCUT2D eigenvalue weighted by Crippen LogP contribution is -2.39. The Labute approximate surface area is 110 Å². The highest BCUT2D eigenvalue weighted by molar-refractivity contribution is 5.96. The number of carboxylic acids is 1. The zero-order valence-corrected chi connectivity index (χ0v) is 10.5.